The standard InChI is InChI=1S/C16H24FNOS/c1-11(10-16(2,3)19-4)18-14-7-8-20-15-6-5-12(17)9-13(14)15/h5-6,9,11,14,18H,7-8,10H2,1-4H3. The van der Waals surface area contributed by atoms with E-state index in [9.17, 15) is 4.39 Å². The van der Waals surface area contributed by atoms with E-state index in [1.807, 2.05) is 17.8 Å². The Kier molecular flexibility index (Phi) is 5.10. The van der Waals surface area contributed by atoms with Crippen molar-refractivity contribution in [3.63, 3.8) is 0 Å². The molecule has 1 N–H and O–H groups in total. The molecule has 20 heavy (non-hydrogen) atoms. The van der Waals surface area contributed by atoms with Crippen molar-refractivity contribution in [1.29, 1.82) is 0 Å². The molecule has 1 heterocycles. The summed E-state index contributed by atoms with van der Waals surface area (Å²) in [5.74, 6) is 0.930. The highest BCUT2D eigenvalue weighted by atomic mass is 32.2. The zero-order chi connectivity index (χ0) is 14.8. The Labute approximate surface area is 125 Å². The quantitative estimate of drug-likeness (QED) is 0.882. The third-order valence-electron chi connectivity index (χ3n) is 3.85. The maximum Gasteiger partial charge on any atom is 0.123 e. The largest absolute Gasteiger partial charge is 0.379 e. The minimum Gasteiger partial charge on any atom is -0.379 e. The van der Waals surface area contributed by atoms with Crippen LogP contribution >= 0.6 is 11.8 Å². The van der Waals surface area contributed by atoms with Crippen molar-refractivity contribution < 1.29 is 9.13 Å². The summed E-state index contributed by atoms with van der Waals surface area (Å²) < 4.78 is 19.0. The molecule has 0 fully saturated rings. The van der Waals surface area contributed by atoms with E-state index < -0.39 is 0 Å². The van der Waals surface area contributed by atoms with Crippen molar-refractivity contribution >= 4 is 11.8 Å². The van der Waals surface area contributed by atoms with E-state index in [4.69, 9.17) is 4.74 Å². The highest BCUT2D eigenvalue weighted by Gasteiger charge is 2.25. The molecule has 0 bridgehead atoms. The van der Waals surface area contributed by atoms with Gasteiger partial charge in [-0.05, 0) is 63.1 Å². The Bertz CT molecular complexity index is 464. The lowest BCUT2D eigenvalue weighted by Crippen LogP contribution is -2.38. The molecule has 0 amide bonds. The van der Waals surface area contributed by atoms with Gasteiger partial charge in [-0.3, -0.25) is 0 Å². The average Bonchev–Trinajstić information content (AvgIpc) is 2.39. The normalized spacial score (nSPS) is 20.6. The van der Waals surface area contributed by atoms with Crippen LogP contribution in [0.5, 0.6) is 0 Å². The molecule has 4 heteroatoms. The van der Waals surface area contributed by atoms with Gasteiger partial charge in [0.05, 0.1) is 5.60 Å². The minimum atomic E-state index is -0.150. The summed E-state index contributed by atoms with van der Waals surface area (Å²) in [6.07, 6.45) is 1.97. The number of rotatable bonds is 5. The van der Waals surface area contributed by atoms with Crippen molar-refractivity contribution in [2.24, 2.45) is 0 Å². The summed E-state index contributed by atoms with van der Waals surface area (Å²) in [5, 5.41) is 3.63. The smallest absolute Gasteiger partial charge is 0.123 e. The molecule has 2 atom stereocenters. The first kappa shape index (κ1) is 15.8. The van der Waals surface area contributed by atoms with Gasteiger partial charge < -0.3 is 10.1 Å². The second-order valence-electron chi connectivity index (χ2n) is 6.11. The van der Waals surface area contributed by atoms with Gasteiger partial charge in [0.2, 0.25) is 0 Å². The second-order valence-corrected chi connectivity index (χ2v) is 7.24. The highest BCUT2D eigenvalue weighted by molar-refractivity contribution is 7.99. The van der Waals surface area contributed by atoms with E-state index in [0.717, 1.165) is 24.2 Å². The zero-order valence-corrected chi connectivity index (χ0v) is 13.5. The third-order valence-corrected chi connectivity index (χ3v) is 4.97. The minimum absolute atomic E-state index is 0.138. The monoisotopic (exact) mass is 297 g/mol. The van der Waals surface area contributed by atoms with Crippen molar-refractivity contribution in [1.82, 2.24) is 5.32 Å². The Hall–Kier alpha value is -0.580. The predicted molar refractivity (Wildman–Crippen MR) is 82.8 cm³/mol. The van der Waals surface area contributed by atoms with Crippen molar-refractivity contribution in [3.8, 4) is 0 Å². The van der Waals surface area contributed by atoms with Crippen LogP contribution in [0.4, 0.5) is 4.39 Å². The van der Waals surface area contributed by atoms with Gasteiger partial charge in [-0.2, -0.15) is 0 Å². The number of halogens is 1. The van der Waals surface area contributed by atoms with E-state index in [-0.39, 0.29) is 17.5 Å². The molecule has 1 aliphatic rings. The summed E-state index contributed by atoms with van der Waals surface area (Å²) in [4.78, 5) is 1.20. The summed E-state index contributed by atoms with van der Waals surface area (Å²) in [5.41, 5.74) is 0.962. The fourth-order valence-electron chi connectivity index (χ4n) is 2.76. The Morgan fingerprint density at radius 1 is 1.50 bits per heavy atom. The van der Waals surface area contributed by atoms with Gasteiger partial charge in [-0.15, -0.1) is 11.8 Å². The molecule has 0 saturated carbocycles. The number of hydrogen-bond donors (Lipinski definition) is 1. The molecule has 0 radical (unpaired) electrons. The van der Waals surface area contributed by atoms with Crippen molar-refractivity contribution in [2.45, 2.75) is 56.2 Å². The summed E-state index contributed by atoms with van der Waals surface area (Å²) in [6, 6.07) is 5.69. The number of thioether (sulfide) groups is 1. The van der Waals surface area contributed by atoms with Gasteiger partial charge in [0.15, 0.2) is 0 Å². The molecule has 2 nitrogen and oxygen atoms in total. The molecule has 1 aromatic carbocycles. The van der Waals surface area contributed by atoms with E-state index in [0.29, 0.717) is 6.04 Å². The van der Waals surface area contributed by atoms with Crippen LogP contribution in [-0.4, -0.2) is 24.5 Å². The Balaban J connectivity index is 2.06. The van der Waals surface area contributed by atoms with Gasteiger partial charge in [-0.1, -0.05) is 0 Å². The number of fused-ring (bicyclic) bond motifs is 1. The van der Waals surface area contributed by atoms with Crippen molar-refractivity contribution in [2.75, 3.05) is 12.9 Å². The van der Waals surface area contributed by atoms with Crippen LogP contribution in [0.25, 0.3) is 0 Å². The lowest BCUT2D eigenvalue weighted by Gasteiger charge is -2.32. The molecule has 0 aliphatic carbocycles. The van der Waals surface area contributed by atoms with Crippen LogP contribution in [-0.2, 0) is 4.74 Å². The molecule has 1 aliphatic heterocycles. The predicted octanol–water partition coefficient (Wildman–Crippen LogP) is 4.16. The average molecular weight is 297 g/mol. The van der Waals surface area contributed by atoms with Crippen LogP contribution in [0.1, 0.15) is 45.2 Å². The Morgan fingerprint density at radius 2 is 2.25 bits per heavy atom. The SMILES string of the molecule is COC(C)(C)CC(C)NC1CCSc2ccc(F)cc21. The van der Waals surface area contributed by atoms with Gasteiger partial charge in [0, 0.05) is 24.1 Å². The molecule has 2 rings (SSSR count). The highest BCUT2D eigenvalue weighted by Crippen LogP contribution is 2.37. The van der Waals surface area contributed by atoms with E-state index >= 15 is 0 Å². The van der Waals surface area contributed by atoms with Gasteiger partial charge in [-0.25, -0.2) is 4.39 Å². The molecule has 2 unspecified atom stereocenters. The van der Waals surface area contributed by atoms with Crippen LogP contribution in [0.2, 0.25) is 0 Å². The van der Waals surface area contributed by atoms with E-state index in [1.165, 1.54) is 4.90 Å². The Morgan fingerprint density at radius 3 is 2.95 bits per heavy atom. The maximum absolute atomic E-state index is 13.5. The molecular weight excluding hydrogens is 273 g/mol. The maximum atomic E-state index is 13.5. The number of ether oxygens (including phenoxy) is 1. The molecule has 1 aromatic rings. The first-order valence-electron chi connectivity index (χ1n) is 7.15. The topological polar surface area (TPSA) is 21.3 Å². The summed E-state index contributed by atoms with van der Waals surface area (Å²) in [7, 11) is 1.74. The molecule has 0 spiro atoms. The number of nitrogens with one attached hydrogen (secondary N) is 1. The van der Waals surface area contributed by atoms with Crippen LogP contribution in [0.3, 0.4) is 0 Å². The lowest BCUT2D eigenvalue weighted by atomic mass is 9.97. The van der Waals surface area contributed by atoms with Gasteiger partial charge >= 0.3 is 0 Å². The molecule has 112 valence electrons. The van der Waals surface area contributed by atoms with E-state index in [2.05, 4.69) is 26.1 Å². The third kappa shape index (κ3) is 3.96. The first-order chi connectivity index (χ1) is 9.41. The first-order valence-corrected chi connectivity index (χ1v) is 8.13. The summed E-state index contributed by atoms with van der Waals surface area (Å²) in [6.45, 7) is 6.35. The van der Waals surface area contributed by atoms with Gasteiger partial charge in [0.1, 0.15) is 5.82 Å². The lowest BCUT2D eigenvalue weighted by molar-refractivity contribution is 0.00757. The number of benzene rings is 1. The molecular formula is C16H24FNOS. The summed E-state index contributed by atoms with van der Waals surface area (Å²) >= 11 is 1.81. The zero-order valence-electron chi connectivity index (χ0n) is 12.7. The van der Waals surface area contributed by atoms with Crippen LogP contribution < -0.4 is 5.32 Å². The molecule has 0 aromatic heterocycles. The second kappa shape index (κ2) is 6.46. The van der Waals surface area contributed by atoms with E-state index in [1.54, 1.807) is 19.2 Å². The van der Waals surface area contributed by atoms with Crippen LogP contribution in [0.15, 0.2) is 23.1 Å². The fraction of sp³-hybridized carbons (Fsp3) is 0.625. The van der Waals surface area contributed by atoms with Crippen molar-refractivity contribution in [3.05, 3.63) is 29.6 Å². The fourth-order valence-corrected chi connectivity index (χ4v) is 3.87. The van der Waals surface area contributed by atoms with Crippen LogP contribution in [0, 0.1) is 5.82 Å². The van der Waals surface area contributed by atoms with Gasteiger partial charge in [0.25, 0.3) is 0 Å². The number of hydrogen-bond acceptors (Lipinski definition) is 3. The molecule has 0 saturated heterocycles. The number of methoxy groups -OCH3 is 1.